The molecule has 1 saturated heterocycles. The summed E-state index contributed by atoms with van der Waals surface area (Å²) in [5, 5.41) is 21.9. The third kappa shape index (κ3) is 4.30. The highest BCUT2D eigenvalue weighted by Gasteiger charge is 2.25. The Hall–Kier alpha value is -2.65. The molecule has 1 aliphatic rings. The number of aliphatic hydroxyl groups excluding tert-OH is 1. The maximum atomic E-state index is 9.64. The van der Waals surface area contributed by atoms with Crippen LogP contribution in [0.1, 0.15) is 43.9 Å². The fourth-order valence-corrected chi connectivity index (χ4v) is 3.29. The Labute approximate surface area is 154 Å². The molecule has 0 radical (unpaired) electrons. The zero-order valence-corrected chi connectivity index (χ0v) is 15.1. The number of hydrogen-bond donors (Lipinski definition) is 2. The molecule has 0 amide bonds. The van der Waals surface area contributed by atoms with E-state index in [1.807, 2.05) is 18.2 Å². The Morgan fingerprint density at radius 1 is 1.35 bits per heavy atom. The van der Waals surface area contributed by atoms with Gasteiger partial charge in [-0.1, -0.05) is 19.4 Å². The summed E-state index contributed by atoms with van der Waals surface area (Å²) in [4.78, 5) is 11.5. The summed E-state index contributed by atoms with van der Waals surface area (Å²) in [5.74, 6) is 1.40. The van der Waals surface area contributed by atoms with E-state index < -0.39 is 0 Å². The van der Waals surface area contributed by atoms with Gasteiger partial charge in [0.1, 0.15) is 5.82 Å². The van der Waals surface area contributed by atoms with Gasteiger partial charge in [0.15, 0.2) is 0 Å². The van der Waals surface area contributed by atoms with Gasteiger partial charge in [0.05, 0.1) is 24.3 Å². The second-order valence-electron chi connectivity index (χ2n) is 6.63. The van der Waals surface area contributed by atoms with Gasteiger partial charge in [-0.25, -0.2) is 4.98 Å². The minimum atomic E-state index is 0.124. The van der Waals surface area contributed by atoms with Gasteiger partial charge < -0.3 is 15.3 Å². The van der Waals surface area contributed by atoms with Crippen molar-refractivity contribution < 1.29 is 5.11 Å². The van der Waals surface area contributed by atoms with E-state index in [2.05, 4.69) is 33.2 Å². The van der Waals surface area contributed by atoms with Crippen LogP contribution in [-0.4, -0.2) is 34.3 Å². The first-order chi connectivity index (χ1) is 12.7. The standard InChI is InChI=1S/C20H25N5O/c1-2-3-7-17-12-19(25-10-5-9-18(25)14-26)24-20(23-17)22-16-8-4-6-15(11-16)13-21/h4,6,8,11-12,18,26H,2-3,5,7,9-10,14H2,1H3,(H,22,23,24)/t18-/m0/s1. The van der Waals surface area contributed by atoms with E-state index in [1.165, 1.54) is 0 Å². The normalized spacial score (nSPS) is 16.5. The summed E-state index contributed by atoms with van der Waals surface area (Å²) in [5.41, 5.74) is 2.39. The minimum absolute atomic E-state index is 0.124. The predicted octanol–water partition coefficient (Wildman–Crippen LogP) is 3.40. The highest BCUT2D eigenvalue weighted by Crippen LogP contribution is 2.26. The third-order valence-electron chi connectivity index (χ3n) is 4.68. The summed E-state index contributed by atoms with van der Waals surface area (Å²) in [7, 11) is 0. The van der Waals surface area contributed by atoms with E-state index in [4.69, 9.17) is 5.26 Å². The average Bonchev–Trinajstić information content (AvgIpc) is 3.15. The maximum absolute atomic E-state index is 9.64. The number of rotatable bonds is 7. The van der Waals surface area contributed by atoms with Crippen molar-refractivity contribution in [2.24, 2.45) is 0 Å². The largest absolute Gasteiger partial charge is 0.394 e. The first-order valence-electron chi connectivity index (χ1n) is 9.26. The molecule has 2 aromatic rings. The van der Waals surface area contributed by atoms with Crippen LogP contribution < -0.4 is 10.2 Å². The molecule has 6 nitrogen and oxygen atoms in total. The lowest BCUT2D eigenvalue weighted by molar-refractivity contribution is 0.266. The molecule has 136 valence electrons. The number of aryl methyl sites for hydroxylation is 1. The summed E-state index contributed by atoms with van der Waals surface area (Å²) in [6, 6.07) is 11.6. The Morgan fingerprint density at radius 2 is 2.23 bits per heavy atom. The molecule has 0 spiro atoms. The molecule has 0 saturated carbocycles. The Kier molecular flexibility index (Phi) is 6.03. The van der Waals surface area contributed by atoms with Crippen LogP contribution in [0, 0.1) is 11.3 Å². The molecule has 6 heteroatoms. The van der Waals surface area contributed by atoms with Crippen molar-refractivity contribution in [2.75, 3.05) is 23.4 Å². The van der Waals surface area contributed by atoms with E-state index in [0.29, 0.717) is 11.5 Å². The van der Waals surface area contributed by atoms with E-state index in [9.17, 15) is 5.11 Å². The molecular weight excluding hydrogens is 326 g/mol. The molecule has 0 bridgehead atoms. The van der Waals surface area contributed by atoms with Crippen LogP contribution in [0.2, 0.25) is 0 Å². The SMILES string of the molecule is CCCCc1cc(N2CCC[C@H]2CO)nc(Nc2cccc(C#N)c2)n1. The Bertz CT molecular complexity index is 786. The molecule has 1 aliphatic heterocycles. The molecule has 3 rings (SSSR count). The van der Waals surface area contributed by atoms with Gasteiger partial charge in [-0.15, -0.1) is 0 Å². The summed E-state index contributed by atoms with van der Waals surface area (Å²) in [6.45, 7) is 3.21. The van der Waals surface area contributed by atoms with E-state index in [-0.39, 0.29) is 12.6 Å². The Morgan fingerprint density at radius 3 is 3.00 bits per heavy atom. The number of nitriles is 1. The molecular formula is C20H25N5O. The maximum Gasteiger partial charge on any atom is 0.229 e. The molecule has 26 heavy (non-hydrogen) atoms. The monoisotopic (exact) mass is 351 g/mol. The summed E-state index contributed by atoms with van der Waals surface area (Å²) < 4.78 is 0. The lowest BCUT2D eigenvalue weighted by Crippen LogP contribution is -2.33. The molecule has 1 aromatic heterocycles. The number of unbranched alkanes of at least 4 members (excludes halogenated alkanes) is 1. The number of nitrogens with zero attached hydrogens (tertiary/aromatic N) is 4. The Balaban J connectivity index is 1.90. The molecule has 2 heterocycles. The lowest BCUT2D eigenvalue weighted by atomic mass is 10.2. The van der Waals surface area contributed by atoms with Gasteiger partial charge in [-0.3, -0.25) is 0 Å². The highest BCUT2D eigenvalue weighted by atomic mass is 16.3. The van der Waals surface area contributed by atoms with Gasteiger partial charge in [0, 0.05) is 24.0 Å². The van der Waals surface area contributed by atoms with Crippen LogP contribution in [0.3, 0.4) is 0 Å². The first-order valence-corrected chi connectivity index (χ1v) is 9.26. The van der Waals surface area contributed by atoms with Crippen molar-refractivity contribution in [3.05, 3.63) is 41.6 Å². The molecule has 0 unspecified atom stereocenters. The number of hydrogen-bond acceptors (Lipinski definition) is 6. The fraction of sp³-hybridized carbons (Fsp3) is 0.450. The third-order valence-corrected chi connectivity index (χ3v) is 4.68. The van der Waals surface area contributed by atoms with Crippen molar-refractivity contribution >= 4 is 17.5 Å². The second kappa shape index (κ2) is 8.63. The molecule has 2 N–H and O–H groups in total. The second-order valence-corrected chi connectivity index (χ2v) is 6.63. The van der Waals surface area contributed by atoms with Gasteiger partial charge in [-0.2, -0.15) is 10.2 Å². The number of aromatic nitrogens is 2. The van der Waals surface area contributed by atoms with Gasteiger partial charge in [0.25, 0.3) is 0 Å². The van der Waals surface area contributed by atoms with Crippen LogP contribution in [0.4, 0.5) is 17.5 Å². The van der Waals surface area contributed by atoms with Gasteiger partial charge in [-0.05, 0) is 43.9 Å². The topological polar surface area (TPSA) is 85.1 Å². The minimum Gasteiger partial charge on any atom is -0.394 e. The number of nitrogens with one attached hydrogen (secondary N) is 1. The van der Waals surface area contributed by atoms with E-state index in [0.717, 1.165) is 55.8 Å². The molecule has 1 aromatic carbocycles. The van der Waals surface area contributed by atoms with Crippen LogP contribution in [-0.2, 0) is 6.42 Å². The molecule has 0 aliphatic carbocycles. The van der Waals surface area contributed by atoms with Crippen molar-refractivity contribution in [3.63, 3.8) is 0 Å². The van der Waals surface area contributed by atoms with Crippen molar-refractivity contribution in [1.29, 1.82) is 5.26 Å². The van der Waals surface area contributed by atoms with Crippen LogP contribution >= 0.6 is 0 Å². The van der Waals surface area contributed by atoms with Crippen LogP contribution in [0.5, 0.6) is 0 Å². The predicted molar refractivity (Wildman–Crippen MR) is 103 cm³/mol. The average molecular weight is 351 g/mol. The zero-order valence-electron chi connectivity index (χ0n) is 15.1. The fourth-order valence-electron chi connectivity index (χ4n) is 3.29. The lowest BCUT2D eigenvalue weighted by Gasteiger charge is -2.25. The summed E-state index contributed by atoms with van der Waals surface area (Å²) in [6.07, 6.45) is 5.12. The van der Waals surface area contributed by atoms with E-state index >= 15 is 0 Å². The number of benzene rings is 1. The highest BCUT2D eigenvalue weighted by molar-refractivity contribution is 5.58. The van der Waals surface area contributed by atoms with Crippen molar-refractivity contribution in [3.8, 4) is 6.07 Å². The smallest absolute Gasteiger partial charge is 0.229 e. The molecule has 1 atom stereocenters. The summed E-state index contributed by atoms with van der Waals surface area (Å²) >= 11 is 0. The molecule has 1 fully saturated rings. The van der Waals surface area contributed by atoms with Crippen LogP contribution in [0.25, 0.3) is 0 Å². The quantitative estimate of drug-likeness (QED) is 0.795. The van der Waals surface area contributed by atoms with E-state index in [1.54, 1.807) is 12.1 Å². The van der Waals surface area contributed by atoms with Crippen molar-refractivity contribution in [1.82, 2.24) is 9.97 Å². The van der Waals surface area contributed by atoms with Gasteiger partial charge >= 0.3 is 0 Å². The first kappa shape index (κ1) is 18.2. The number of anilines is 3. The van der Waals surface area contributed by atoms with Gasteiger partial charge in [0.2, 0.25) is 5.95 Å². The van der Waals surface area contributed by atoms with Crippen LogP contribution in [0.15, 0.2) is 30.3 Å². The zero-order chi connectivity index (χ0) is 18.4. The number of aliphatic hydroxyl groups is 1. The van der Waals surface area contributed by atoms with Crippen molar-refractivity contribution in [2.45, 2.75) is 45.1 Å².